The standard InChI is InChI=1S/C31H37ClN6O2S/c1-3-4-5-6-7-15-27(39)37-17-16-36(19-22(37)2)28(40)21-41-31-33-30-29(34-35-31)25-13-8-9-14-26(25)38(30)20-23-11-10-12-24(32)18-23/h8-14,18,22H,3-7,15-17,19-21H2,1-2H3. The van der Waals surface area contributed by atoms with E-state index in [1.165, 1.54) is 31.0 Å². The molecule has 0 radical (unpaired) electrons. The summed E-state index contributed by atoms with van der Waals surface area (Å²) in [6, 6.07) is 15.9. The molecule has 0 aliphatic carbocycles. The third-order valence-corrected chi connectivity index (χ3v) is 8.76. The Morgan fingerprint density at radius 3 is 2.63 bits per heavy atom. The predicted octanol–water partition coefficient (Wildman–Crippen LogP) is 6.19. The van der Waals surface area contributed by atoms with Crippen molar-refractivity contribution in [2.75, 3.05) is 25.4 Å². The Morgan fingerprint density at radius 1 is 1.00 bits per heavy atom. The molecule has 0 saturated carbocycles. The van der Waals surface area contributed by atoms with Gasteiger partial charge in [-0.25, -0.2) is 4.98 Å². The Labute approximate surface area is 250 Å². The molecule has 1 atom stereocenters. The normalized spacial score (nSPS) is 15.6. The summed E-state index contributed by atoms with van der Waals surface area (Å²) >= 11 is 7.54. The number of nitrogens with zero attached hydrogens (tertiary/aromatic N) is 6. The van der Waals surface area contributed by atoms with E-state index in [1.54, 1.807) is 0 Å². The van der Waals surface area contributed by atoms with Crippen LogP contribution >= 0.6 is 23.4 Å². The Hall–Kier alpha value is -3.17. The number of carbonyl (C=O) groups excluding carboxylic acids is 2. The molecular formula is C31H37ClN6O2S. The van der Waals surface area contributed by atoms with E-state index in [2.05, 4.69) is 27.8 Å². The highest BCUT2D eigenvalue weighted by Gasteiger charge is 2.29. The molecule has 0 N–H and O–H groups in total. The highest BCUT2D eigenvalue weighted by molar-refractivity contribution is 7.99. The van der Waals surface area contributed by atoms with Gasteiger partial charge in [0, 0.05) is 49.1 Å². The second kappa shape index (κ2) is 13.7. The minimum atomic E-state index is 0.0114. The molecule has 2 aromatic heterocycles. The molecule has 10 heteroatoms. The molecule has 4 aromatic rings. The lowest BCUT2D eigenvalue weighted by Crippen LogP contribution is -2.55. The number of hydrogen-bond acceptors (Lipinski definition) is 6. The van der Waals surface area contributed by atoms with Crippen molar-refractivity contribution in [1.29, 1.82) is 0 Å². The van der Waals surface area contributed by atoms with Crippen LogP contribution in [-0.2, 0) is 16.1 Å². The summed E-state index contributed by atoms with van der Waals surface area (Å²) in [5, 5.41) is 11.0. The van der Waals surface area contributed by atoms with Crippen LogP contribution in [0.25, 0.3) is 22.1 Å². The van der Waals surface area contributed by atoms with Crippen LogP contribution in [0, 0.1) is 0 Å². The number of piperazine rings is 1. The number of benzene rings is 2. The Morgan fingerprint density at radius 2 is 1.83 bits per heavy atom. The first-order valence-corrected chi connectivity index (χ1v) is 15.9. The number of unbranched alkanes of at least 4 members (excludes halogenated alkanes) is 4. The SMILES string of the molecule is CCCCCCCC(=O)N1CCN(C(=O)CSc2nnc3c4ccccc4n(Cc4cccc(Cl)c4)c3n2)CC1C. The van der Waals surface area contributed by atoms with Crippen molar-refractivity contribution >= 4 is 57.2 Å². The molecule has 3 heterocycles. The largest absolute Gasteiger partial charge is 0.338 e. The fraction of sp³-hybridized carbons (Fsp3) is 0.452. The van der Waals surface area contributed by atoms with E-state index >= 15 is 0 Å². The van der Waals surface area contributed by atoms with E-state index < -0.39 is 0 Å². The van der Waals surface area contributed by atoms with Crippen molar-refractivity contribution in [3.8, 4) is 0 Å². The summed E-state index contributed by atoms with van der Waals surface area (Å²) in [5.74, 6) is 0.452. The molecule has 216 valence electrons. The number of aromatic nitrogens is 4. The van der Waals surface area contributed by atoms with Crippen LogP contribution in [0.15, 0.2) is 53.7 Å². The highest BCUT2D eigenvalue weighted by Crippen LogP contribution is 2.28. The van der Waals surface area contributed by atoms with E-state index in [9.17, 15) is 9.59 Å². The lowest BCUT2D eigenvalue weighted by molar-refractivity contribution is -0.141. The number of carbonyl (C=O) groups is 2. The molecule has 2 aromatic carbocycles. The lowest BCUT2D eigenvalue weighted by atomic mass is 10.1. The summed E-state index contributed by atoms with van der Waals surface area (Å²) in [7, 11) is 0. The minimum absolute atomic E-state index is 0.0114. The zero-order chi connectivity index (χ0) is 28.8. The predicted molar refractivity (Wildman–Crippen MR) is 165 cm³/mol. The first-order valence-electron chi connectivity index (χ1n) is 14.5. The van der Waals surface area contributed by atoms with Gasteiger partial charge in [-0.15, -0.1) is 10.2 Å². The summed E-state index contributed by atoms with van der Waals surface area (Å²) in [5.41, 5.74) is 3.54. The molecule has 0 spiro atoms. The van der Waals surface area contributed by atoms with E-state index in [1.807, 2.05) is 59.2 Å². The zero-order valence-electron chi connectivity index (χ0n) is 23.8. The number of rotatable bonds is 11. The molecule has 1 unspecified atom stereocenters. The van der Waals surface area contributed by atoms with Gasteiger partial charge in [0.2, 0.25) is 17.0 Å². The highest BCUT2D eigenvalue weighted by atomic mass is 35.5. The molecule has 0 bridgehead atoms. The third-order valence-electron chi connectivity index (χ3n) is 7.70. The molecule has 1 aliphatic heterocycles. The Balaban J connectivity index is 1.22. The maximum absolute atomic E-state index is 13.1. The number of fused-ring (bicyclic) bond motifs is 3. The number of para-hydroxylation sites is 1. The smallest absolute Gasteiger partial charge is 0.233 e. The summed E-state index contributed by atoms with van der Waals surface area (Å²) in [6.45, 7) is 6.50. The van der Waals surface area contributed by atoms with Gasteiger partial charge in [0.05, 0.1) is 11.3 Å². The van der Waals surface area contributed by atoms with Crippen molar-refractivity contribution in [3.63, 3.8) is 0 Å². The number of hydrogen-bond donors (Lipinski definition) is 0. The number of thioether (sulfide) groups is 1. The second-order valence-electron chi connectivity index (χ2n) is 10.7. The second-order valence-corrected chi connectivity index (χ2v) is 12.1. The van der Waals surface area contributed by atoms with Crippen LogP contribution in [0.5, 0.6) is 0 Å². The van der Waals surface area contributed by atoms with E-state index in [-0.39, 0.29) is 23.6 Å². The molecule has 1 fully saturated rings. The Bertz CT molecular complexity index is 1530. The number of halogens is 1. The van der Waals surface area contributed by atoms with Crippen molar-refractivity contribution in [2.24, 2.45) is 0 Å². The van der Waals surface area contributed by atoms with E-state index in [0.29, 0.717) is 42.8 Å². The van der Waals surface area contributed by atoms with Crippen molar-refractivity contribution in [1.82, 2.24) is 29.5 Å². The van der Waals surface area contributed by atoms with Gasteiger partial charge in [-0.1, -0.05) is 86.3 Å². The molecule has 1 saturated heterocycles. The molecule has 41 heavy (non-hydrogen) atoms. The number of amides is 2. The maximum Gasteiger partial charge on any atom is 0.233 e. The fourth-order valence-corrected chi connectivity index (χ4v) is 6.42. The molecule has 5 rings (SSSR count). The van der Waals surface area contributed by atoms with Crippen LogP contribution in [0.4, 0.5) is 0 Å². The van der Waals surface area contributed by atoms with Gasteiger partial charge in [0.1, 0.15) is 5.52 Å². The van der Waals surface area contributed by atoms with Crippen LogP contribution in [-0.4, -0.2) is 72.8 Å². The first-order chi connectivity index (χ1) is 19.9. The van der Waals surface area contributed by atoms with Crippen LogP contribution in [0.2, 0.25) is 5.02 Å². The molecule has 2 amide bonds. The van der Waals surface area contributed by atoms with E-state index in [4.69, 9.17) is 16.6 Å². The quantitative estimate of drug-likeness (QED) is 0.152. The van der Waals surface area contributed by atoms with Crippen molar-refractivity contribution in [2.45, 2.75) is 70.1 Å². The zero-order valence-corrected chi connectivity index (χ0v) is 25.3. The van der Waals surface area contributed by atoms with Gasteiger partial charge in [-0.3, -0.25) is 9.59 Å². The first kappa shape index (κ1) is 29.3. The van der Waals surface area contributed by atoms with Gasteiger partial charge < -0.3 is 14.4 Å². The van der Waals surface area contributed by atoms with E-state index in [0.717, 1.165) is 40.5 Å². The Kier molecular flexibility index (Phi) is 9.77. The summed E-state index contributed by atoms with van der Waals surface area (Å²) < 4.78 is 2.12. The summed E-state index contributed by atoms with van der Waals surface area (Å²) in [6.07, 6.45) is 6.26. The lowest BCUT2D eigenvalue weighted by Gasteiger charge is -2.40. The fourth-order valence-electron chi connectivity index (χ4n) is 5.52. The van der Waals surface area contributed by atoms with Crippen LogP contribution in [0.1, 0.15) is 57.9 Å². The molecule has 8 nitrogen and oxygen atoms in total. The average molecular weight is 593 g/mol. The van der Waals surface area contributed by atoms with Crippen molar-refractivity contribution in [3.05, 3.63) is 59.1 Å². The molecule has 1 aliphatic rings. The molecular weight excluding hydrogens is 556 g/mol. The maximum atomic E-state index is 13.1. The van der Waals surface area contributed by atoms with Gasteiger partial charge in [0.15, 0.2) is 5.65 Å². The van der Waals surface area contributed by atoms with Crippen LogP contribution in [0.3, 0.4) is 0 Å². The van der Waals surface area contributed by atoms with Gasteiger partial charge in [-0.2, -0.15) is 0 Å². The van der Waals surface area contributed by atoms with Gasteiger partial charge >= 0.3 is 0 Å². The van der Waals surface area contributed by atoms with Gasteiger partial charge in [-0.05, 0) is 37.1 Å². The third kappa shape index (κ3) is 7.01. The average Bonchev–Trinajstić information content (AvgIpc) is 3.28. The summed E-state index contributed by atoms with van der Waals surface area (Å²) in [4.78, 5) is 34.5. The van der Waals surface area contributed by atoms with Gasteiger partial charge in [0.25, 0.3) is 0 Å². The van der Waals surface area contributed by atoms with Crippen LogP contribution < -0.4 is 0 Å². The minimum Gasteiger partial charge on any atom is -0.338 e. The topological polar surface area (TPSA) is 84.2 Å². The van der Waals surface area contributed by atoms with Crippen molar-refractivity contribution < 1.29 is 9.59 Å². The monoisotopic (exact) mass is 592 g/mol.